The van der Waals surface area contributed by atoms with E-state index in [2.05, 4.69) is 20.4 Å². The van der Waals surface area contributed by atoms with Gasteiger partial charge < -0.3 is 9.84 Å². The van der Waals surface area contributed by atoms with Gasteiger partial charge in [0.15, 0.2) is 5.82 Å². The van der Waals surface area contributed by atoms with Crippen molar-refractivity contribution in [1.29, 1.82) is 0 Å². The molecule has 0 fully saturated rings. The maximum Gasteiger partial charge on any atom is 0.295 e. The van der Waals surface area contributed by atoms with Crippen molar-refractivity contribution in [2.45, 2.75) is 13.3 Å². The summed E-state index contributed by atoms with van der Waals surface area (Å²) in [6.45, 7) is 1.77. The first kappa shape index (κ1) is 19.5. The number of benzene rings is 1. The molecule has 0 saturated heterocycles. The van der Waals surface area contributed by atoms with Crippen LogP contribution in [0.1, 0.15) is 22.3 Å². The Balaban J connectivity index is 1.48. The van der Waals surface area contributed by atoms with Gasteiger partial charge in [-0.1, -0.05) is 23.4 Å². The number of hydrogen-bond acceptors (Lipinski definition) is 7. The van der Waals surface area contributed by atoms with Crippen LogP contribution in [0.25, 0.3) is 17.8 Å². The van der Waals surface area contributed by atoms with Gasteiger partial charge in [-0.3, -0.25) is 19.3 Å². The maximum atomic E-state index is 12.9. The Bertz CT molecular complexity index is 1250. The number of carbonyl (C=O) groups is 1. The molecule has 0 bridgehead atoms. The molecule has 0 spiro atoms. The van der Waals surface area contributed by atoms with Crippen molar-refractivity contribution in [3.05, 3.63) is 74.7 Å². The first-order valence-corrected chi connectivity index (χ1v) is 9.94. The van der Waals surface area contributed by atoms with E-state index in [0.717, 1.165) is 4.88 Å². The highest BCUT2D eigenvalue weighted by Crippen LogP contribution is 2.15. The van der Waals surface area contributed by atoms with Gasteiger partial charge in [0, 0.05) is 24.2 Å². The van der Waals surface area contributed by atoms with Crippen LogP contribution in [-0.2, 0) is 18.3 Å². The zero-order valence-corrected chi connectivity index (χ0v) is 17.1. The minimum Gasteiger partial charge on any atom is -0.335 e. The average Bonchev–Trinajstić information content (AvgIpc) is 3.46. The molecule has 152 valence electrons. The summed E-state index contributed by atoms with van der Waals surface area (Å²) in [7, 11) is 1.76. The zero-order valence-electron chi connectivity index (χ0n) is 16.3. The number of para-hydroxylation sites is 1. The van der Waals surface area contributed by atoms with Crippen LogP contribution in [-0.4, -0.2) is 30.4 Å². The van der Waals surface area contributed by atoms with Crippen LogP contribution < -0.4 is 10.9 Å². The zero-order chi connectivity index (χ0) is 21.1. The molecule has 1 aromatic carbocycles. The smallest absolute Gasteiger partial charge is 0.295 e. The Hall–Kier alpha value is -3.79. The predicted octanol–water partition coefficient (Wildman–Crippen LogP) is 2.68. The molecule has 0 unspecified atom stereocenters. The van der Waals surface area contributed by atoms with Gasteiger partial charge in [-0.25, -0.2) is 4.68 Å². The highest BCUT2D eigenvalue weighted by atomic mass is 32.1. The first-order valence-electron chi connectivity index (χ1n) is 9.06. The van der Waals surface area contributed by atoms with E-state index >= 15 is 0 Å². The fraction of sp³-hybridized carbons (Fsp3) is 0.150. The van der Waals surface area contributed by atoms with Crippen molar-refractivity contribution < 1.29 is 9.32 Å². The Labute approximate surface area is 175 Å². The summed E-state index contributed by atoms with van der Waals surface area (Å²) in [5.41, 5.74) is 2.99. The highest BCUT2D eigenvalue weighted by Gasteiger charge is 2.19. The van der Waals surface area contributed by atoms with Crippen molar-refractivity contribution in [3.8, 4) is 5.69 Å². The molecule has 0 aliphatic heterocycles. The molecule has 10 heteroatoms. The molecule has 0 saturated carbocycles. The van der Waals surface area contributed by atoms with Gasteiger partial charge in [0.1, 0.15) is 5.69 Å². The lowest BCUT2D eigenvalue weighted by Gasteiger charge is -2.07. The van der Waals surface area contributed by atoms with Crippen LogP contribution in [0.15, 0.2) is 51.4 Å². The number of hydrogen-bond donors (Lipinski definition) is 1. The second-order valence-electron chi connectivity index (χ2n) is 6.45. The van der Waals surface area contributed by atoms with Crippen molar-refractivity contribution >= 4 is 35.1 Å². The first-order chi connectivity index (χ1) is 14.5. The molecule has 9 nitrogen and oxygen atoms in total. The second-order valence-corrected chi connectivity index (χ2v) is 7.37. The fourth-order valence-electron chi connectivity index (χ4n) is 2.91. The van der Waals surface area contributed by atoms with Crippen molar-refractivity contribution in [1.82, 2.24) is 24.5 Å². The summed E-state index contributed by atoms with van der Waals surface area (Å²) in [4.78, 5) is 34.4. The van der Waals surface area contributed by atoms with Gasteiger partial charge in [0.2, 0.25) is 5.91 Å². The minimum absolute atomic E-state index is 0.114. The molecule has 0 atom stereocenters. The number of nitrogens with one attached hydrogen (secondary N) is 1. The van der Waals surface area contributed by atoms with Crippen LogP contribution in [0.4, 0.5) is 5.69 Å². The lowest BCUT2D eigenvalue weighted by molar-refractivity contribution is -0.115. The third-order valence-corrected chi connectivity index (χ3v) is 5.20. The van der Waals surface area contributed by atoms with Crippen molar-refractivity contribution in [2.75, 3.05) is 5.32 Å². The largest absolute Gasteiger partial charge is 0.335 e. The summed E-state index contributed by atoms with van der Waals surface area (Å²) in [5, 5.41) is 6.50. The number of anilines is 1. The molecule has 3 aromatic heterocycles. The summed E-state index contributed by atoms with van der Waals surface area (Å²) in [6, 6.07) is 9.22. The van der Waals surface area contributed by atoms with E-state index in [1.807, 2.05) is 30.3 Å². The van der Waals surface area contributed by atoms with Gasteiger partial charge in [-0.2, -0.15) is 4.98 Å². The third-order valence-electron chi connectivity index (χ3n) is 4.46. The van der Waals surface area contributed by atoms with Crippen LogP contribution >= 0.6 is 11.3 Å². The van der Waals surface area contributed by atoms with Crippen LogP contribution in [0, 0.1) is 6.92 Å². The van der Waals surface area contributed by atoms with Gasteiger partial charge in [-0.05, 0) is 25.1 Å². The number of thiazole rings is 1. The number of nitrogens with zero attached hydrogens (tertiary/aromatic N) is 5. The SMILES string of the molecule is Cc1c(NC(=O)Cc2noc(/C=C/c3cncs3)n2)c(=O)n(-c2ccccc2)n1C. The summed E-state index contributed by atoms with van der Waals surface area (Å²) >= 11 is 1.48. The van der Waals surface area contributed by atoms with Crippen molar-refractivity contribution in [2.24, 2.45) is 7.05 Å². The Morgan fingerprint density at radius 1 is 1.27 bits per heavy atom. The lowest BCUT2D eigenvalue weighted by Crippen LogP contribution is -2.23. The van der Waals surface area contributed by atoms with Gasteiger partial charge in [0.05, 0.1) is 23.3 Å². The molecule has 0 aliphatic carbocycles. The van der Waals surface area contributed by atoms with E-state index in [1.54, 1.807) is 42.5 Å². The quantitative estimate of drug-likeness (QED) is 0.512. The van der Waals surface area contributed by atoms with E-state index in [0.29, 0.717) is 11.4 Å². The molecule has 30 heavy (non-hydrogen) atoms. The van der Waals surface area contributed by atoms with E-state index in [1.165, 1.54) is 16.0 Å². The molecular formula is C20H18N6O3S. The molecule has 3 heterocycles. The predicted molar refractivity (Wildman–Crippen MR) is 113 cm³/mol. The molecule has 4 aromatic rings. The van der Waals surface area contributed by atoms with Gasteiger partial charge >= 0.3 is 0 Å². The Morgan fingerprint density at radius 2 is 2.07 bits per heavy atom. The maximum absolute atomic E-state index is 12.9. The monoisotopic (exact) mass is 422 g/mol. The van der Waals surface area contributed by atoms with Crippen LogP contribution in [0.3, 0.4) is 0 Å². The van der Waals surface area contributed by atoms with E-state index < -0.39 is 5.91 Å². The fourth-order valence-corrected chi connectivity index (χ4v) is 3.42. The topological polar surface area (TPSA) is 108 Å². The van der Waals surface area contributed by atoms with E-state index in [9.17, 15) is 9.59 Å². The standard InChI is InChI=1S/C20H18N6O3S/c1-13-19(20(28)26(25(13)2)14-6-4-3-5-7-14)23-17(27)10-16-22-18(29-24-16)9-8-15-11-21-12-30-15/h3-9,11-12H,10H2,1-2H3,(H,23,27)/b9-8+. The Kier molecular flexibility index (Phi) is 5.40. The number of aromatic nitrogens is 5. The van der Waals surface area contributed by atoms with Gasteiger partial charge in [0.25, 0.3) is 11.4 Å². The van der Waals surface area contributed by atoms with Crippen molar-refractivity contribution in [3.63, 3.8) is 0 Å². The molecule has 0 radical (unpaired) electrons. The second kappa shape index (κ2) is 8.29. The van der Waals surface area contributed by atoms with E-state index in [-0.39, 0.29) is 29.4 Å². The van der Waals surface area contributed by atoms with Crippen LogP contribution in [0.5, 0.6) is 0 Å². The highest BCUT2D eigenvalue weighted by molar-refractivity contribution is 7.10. The molecular weight excluding hydrogens is 404 g/mol. The third kappa shape index (κ3) is 3.98. The van der Waals surface area contributed by atoms with E-state index in [4.69, 9.17) is 4.52 Å². The molecule has 4 rings (SSSR count). The normalized spacial score (nSPS) is 11.3. The number of carbonyl (C=O) groups excluding carboxylic acids is 1. The molecule has 0 aliphatic rings. The summed E-state index contributed by atoms with van der Waals surface area (Å²) in [5.74, 6) is 0.113. The summed E-state index contributed by atoms with van der Waals surface area (Å²) < 4.78 is 8.33. The molecule has 1 amide bonds. The van der Waals surface area contributed by atoms with Crippen LogP contribution in [0.2, 0.25) is 0 Å². The Morgan fingerprint density at radius 3 is 2.80 bits per heavy atom. The average molecular weight is 422 g/mol. The minimum atomic E-state index is -0.403. The number of amides is 1. The van der Waals surface area contributed by atoms with Gasteiger partial charge in [-0.15, -0.1) is 11.3 Å². The number of rotatable bonds is 6. The summed E-state index contributed by atoms with van der Waals surface area (Å²) in [6.07, 6.45) is 5.06. The lowest BCUT2D eigenvalue weighted by atomic mass is 10.3. The molecule has 1 N–H and O–H groups in total.